The first-order valence-electron chi connectivity index (χ1n) is 6.32. The highest BCUT2D eigenvalue weighted by molar-refractivity contribution is 7.99. The van der Waals surface area contributed by atoms with Crippen LogP contribution in [0.3, 0.4) is 0 Å². The Hall–Kier alpha value is -1.81. The van der Waals surface area contributed by atoms with Crippen LogP contribution in [-0.2, 0) is 10.5 Å². The molecule has 0 aliphatic heterocycles. The lowest BCUT2D eigenvalue weighted by molar-refractivity contribution is -0.113. The van der Waals surface area contributed by atoms with Crippen LogP contribution >= 0.6 is 11.8 Å². The van der Waals surface area contributed by atoms with Gasteiger partial charge in [-0.05, 0) is 30.7 Å². The van der Waals surface area contributed by atoms with Crippen LogP contribution in [0.2, 0.25) is 0 Å². The summed E-state index contributed by atoms with van der Waals surface area (Å²) in [6.07, 6.45) is 0. The molecule has 0 saturated carbocycles. The Morgan fingerprint density at radius 1 is 1.20 bits per heavy atom. The minimum atomic E-state index is -0.352. The predicted octanol–water partition coefficient (Wildman–Crippen LogP) is 4.01. The molecule has 4 heteroatoms. The largest absolute Gasteiger partial charge is 0.325 e. The Kier molecular flexibility index (Phi) is 5.18. The monoisotopic (exact) mass is 289 g/mol. The lowest BCUT2D eigenvalue weighted by Crippen LogP contribution is -2.14. The second kappa shape index (κ2) is 7.10. The van der Waals surface area contributed by atoms with E-state index >= 15 is 0 Å². The van der Waals surface area contributed by atoms with Crippen molar-refractivity contribution in [2.24, 2.45) is 0 Å². The van der Waals surface area contributed by atoms with E-state index in [1.165, 1.54) is 23.3 Å². The van der Waals surface area contributed by atoms with Gasteiger partial charge in [0.2, 0.25) is 5.91 Å². The topological polar surface area (TPSA) is 29.1 Å². The van der Waals surface area contributed by atoms with Gasteiger partial charge in [0.25, 0.3) is 0 Å². The third-order valence-corrected chi connectivity index (χ3v) is 3.70. The van der Waals surface area contributed by atoms with E-state index in [1.54, 1.807) is 23.9 Å². The molecule has 20 heavy (non-hydrogen) atoms. The number of hydrogen-bond acceptors (Lipinski definition) is 2. The third kappa shape index (κ3) is 4.70. The minimum Gasteiger partial charge on any atom is -0.325 e. The number of amides is 1. The fraction of sp³-hybridized carbons (Fsp3) is 0.188. The quantitative estimate of drug-likeness (QED) is 0.901. The van der Waals surface area contributed by atoms with E-state index in [-0.39, 0.29) is 11.7 Å². The molecular formula is C16H16FNOS. The summed E-state index contributed by atoms with van der Waals surface area (Å²) in [7, 11) is 0. The van der Waals surface area contributed by atoms with Gasteiger partial charge in [-0.2, -0.15) is 0 Å². The molecule has 104 valence electrons. The van der Waals surface area contributed by atoms with Crippen molar-refractivity contribution >= 4 is 23.4 Å². The van der Waals surface area contributed by atoms with E-state index in [0.29, 0.717) is 11.4 Å². The molecule has 0 fully saturated rings. The van der Waals surface area contributed by atoms with Gasteiger partial charge in [-0.25, -0.2) is 4.39 Å². The van der Waals surface area contributed by atoms with Crippen molar-refractivity contribution in [3.63, 3.8) is 0 Å². The Labute approximate surface area is 122 Å². The summed E-state index contributed by atoms with van der Waals surface area (Å²) in [5, 5.41) is 2.68. The van der Waals surface area contributed by atoms with Crippen LogP contribution in [0.5, 0.6) is 0 Å². The Balaban J connectivity index is 1.78. The first-order chi connectivity index (χ1) is 9.63. The number of anilines is 1. The fourth-order valence-corrected chi connectivity index (χ4v) is 2.60. The molecule has 0 aliphatic rings. The van der Waals surface area contributed by atoms with E-state index in [4.69, 9.17) is 0 Å². The zero-order chi connectivity index (χ0) is 14.4. The molecule has 1 amide bonds. The van der Waals surface area contributed by atoms with Crippen LogP contribution in [0.4, 0.5) is 10.1 Å². The van der Waals surface area contributed by atoms with Gasteiger partial charge in [-0.15, -0.1) is 11.8 Å². The van der Waals surface area contributed by atoms with Gasteiger partial charge < -0.3 is 5.32 Å². The normalized spacial score (nSPS) is 10.3. The van der Waals surface area contributed by atoms with Crippen LogP contribution in [0.25, 0.3) is 0 Å². The molecule has 1 N–H and O–H groups in total. The van der Waals surface area contributed by atoms with Gasteiger partial charge >= 0.3 is 0 Å². The first kappa shape index (κ1) is 14.6. The van der Waals surface area contributed by atoms with Gasteiger partial charge in [0.05, 0.1) is 5.75 Å². The summed E-state index contributed by atoms with van der Waals surface area (Å²) in [5.74, 6) is 0.673. The summed E-state index contributed by atoms with van der Waals surface area (Å²) in [4.78, 5) is 11.7. The lowest BCUT2D eigenvalue weighted by atomic mass is 10.2. The molecule has 0 atom stereocenters. The molecule has 0 aliphatic carbocycles. The average molecular weight is 289 g/mol. The Morgan fingerprint density at radius 2 is 2.00 bits per heavy atom. The summed E-state index contributed by atoms with van der Waals surface area (Å²) < 4.78 is 13.0. The molecule has 2 rings (SSSR count). The predicted molar refractivity (Wildman–Crippen MR) is 82.4 cm³/mol. The van der Waals surface area contributed by atoms with Crippen molar-refractivity contribution in [2.75, 3.05) is 11.1 Å². The molecule has 0 bridgehead atoms. The second-order valence-electron chi connectivity index (χ2n) is 4.54. The molecule has 0 radical (unpaired) electrons. The zero-order valence-electron chi connectivity index (χ0n) is 11.2. The highest BCUT2D eigenvalue weighted by Crippen LogP contribution is 2.14. The second-order valence-corrected chi connectivity index (χ2v) is 5.53. The summed E-state index contributed by atoms with van der Waals surface area (Å²) in [5.41, 5.74) is 2.91. The molecule has 0 saturated heterocycles. The maximum Gasteiger partial charge on any atom is 0.234 e. The number of nitrogens with one attached hydrogen (secondary N) is 1. The van der Waals surface area contributed by atoms with Crippen molar-refractivity contribution in [2.45, 2.75) is 12.7 Å². The molecule has 0 aromatic heterocycles. The highest BCUT2D eigenvalue weighted by atomic mass is 32.2. The summed E-state index contributed by atoms with van der Waals surface area (Å²) in [6.45, 7) is 2.05. The van der Waals surface area contributed by atoms with Crippen LogP contribution in [-0.4, -0.2) is 11.7 Å². The van der Waals surface area contributed by atoms with Gasteiger partial charge in [0, 0.05) is 11.4 Å². The number of benzene rings is 2. The van der Waals surface area contributed by atoms with Crippen LogP contribution < -0.4 is 5.32 Å². The standard InChI is InChI=1S/C16H16FNOS/c1-12-4-2-5-13(8-12)10-20-11-16(19)18-15-7-3-6-14(17)9-15/h2-9H,10-11H2,1H3,(H,18,19). The number of thioether (sulfide) groups is 1. The van der Waals surface area contributed by atoms with Crippen LogP contribution in [0.15, 0.2) is 48.5 Å². The molecule has 2 aromatic carbocycles. The van der Waals surface area contributed by atoms with Gasteiger partial charge in [0.15, 0.2) is 0 Å². The van der Waals surface area contributed by atoms with Gasteiger partial charge in [-0.1, -0.05) is 35.9 Å². The van der Waals surface area contributed by atoms with E-state index in [2.05, 4.69) is 11.4 Å². The molecule has 0 spiro atoms. The number of rotatable bonds is 5. The van der Waals surface area contributed by atoms with E-state index < -0.39 is 0 Å². The Bertz CT molecular complexity index is 601. The molecule has 2 aromatic rings. The minimum absolute atomic E-state index is 0.117. The van der Waals surface area contributed by atoms with E-state index in [1.807, 2.05) is 25.1 Å². The van der Waals surface area contributed by atoms with E-state index in [0.717, 1.165) is 5.75 Å². The first-order valence-corrected chi connectivity index (χ1v) is 7.47. The van der Waals surface area contributed by atoms with Crippen molar-refractivity contribution in [1.82, 2.24) is 0 Å². The zero-order valence-corrected chi connectivity index (χ0v) is 12.0. The molecule has 2 nitrogen and oxygen atoms in total. The van der Waals surface area contributed by atoms with Crippen LogP contribution in [0, 0.1) is 12.7 Å². The molecular weight excluding hydrogens is 273 g/mol. The fourth-order valence-electron chi connectivity index (χ4n) is 1.83. The average Bonchev–Trinajstić information content (AvgIpc) is 2.38. The third-order valence-electron chi connectivity index (χ3n) is 2.69. The molecule has 0 unspecified atom stereocenters. The van der Waals surface area contributed by atoms with Crippen molar-refractivity contribution in [3.8, 4) is 0 Å². The maximum absolute atomic E-state index is 13.0. The van der Waals surface area contributed by atoms with Crippen molar-refractivity contribution in [1.29, 1.82) is 0 Å². The molecule has 0 heterocycles. The Morgan fingerprint density at radius 3 is 2.75 bits per heavy atom. The van der Waals surface area contributed by atoms with Crippen LogP contribution in [0.1, 0.15) is 11.1 Å². The van der Waals surface area contributed by atoms with Gasteiger partial charge in [0.1, 0.15) is 5.82 Å². The lowest BCUT2D eigenvalue weighted by Gasteiger charge is -2.05. The van der Waals surface area contributed by atoms with Crippen molar-refractivity contribution < 1.29 is 9.18 Å². The van der Waals surface area contributed by atoms with Crippen molar-refractivity contribution in [3.05, 3.63) is 65.5 Å². The maximum atomic E-state index is 13.0. The number of aryl methyl sites for hydroxylation is 1. The SMILES string of the molecule is Cc1cccc(CSCC(=O)Nc2cccc(F)c2)c1. The highest BCUT2D eigenvalue weighted by Gasteiger charge is 2.03. The number of carbonyl (C=O) groups is 1. The summed E-state index contributed by atoms with van der Waals surface area (Å²) in [6, 6.07) is 14.1. The summed E-state index contributed by atoms with van der Waals surface area (Å²) >= 11 is 1.54. The smallest absolute Gasteiger partial charge is 0.234 e. The number of hydrogen-bond donors (Lipinski definition) is 1. The van der Waals surface area contributed by atoms with E-state index in [9.17, 15) is 9.18 Å². The number of halogens is 1. The number of carbonyl (C=O) groups excluding carboxylic acids is 1. The van der Waals surface area contributed by atoms with Gasteiger partial charge in [-0.3, -0.25) is 4.79 Å².